The van der Waals surface area contributed by atoms with Crippen LogP contribution >= 0.6 is 0 Å². The van der Waals surface area contributed by atoms with Gasteiger partial charge in [-0.3, -0.25) is 4.79 Å². The Morgan fingerprint density at radius 3 is 2.11 bits per heavy atom. The van der Waals surface area contributed by atoms with Crippen LogP contribution in [0, 0.1) is 17.3 Å². The second-order valence-electron chi connectivity index (χ2n) is 10.6. The SMILES string of the molecule is CC(C)(C)c1ccc([C@@H]2C[C@H]2C(=O)NN=C2CCC(C(C)(C)C)CC2)cc1. The zero-order valence-corrected chi connectivity index (χ0v) is 17.9. The zero-order chi connectivity index (χ0) is 19.8. The lowest BCUT2D eigenvalue weighted by Crippen LogP contribution is -2.28. The third-order valence-corrected chi connectivity index (χ3v) is 6.44. The van der Waals surface area contributed by atoms with Crippen LogP contribution < -0.4 is 5.43 Å². The third kappa shape index (κ3) is 5.00. The zero-order valence-electron chi connectivity index (χ0n) is 17.9. The molecule has 1 aromatic rings. The van der Waals surface area contributed by atoms with Crippen LogP contribution in [0.15, 0.2) is 29.4 Å². The summed E-state index contributed by atoms with van der Waals surface area (Å²) in [5.74, 6) is 1.29. The lowest BCUT2D eigenvalue weighted by Gasteiger charge is -2.34. The van der Waals surface area contributed by atoms with Crippen molar-refractivity contribution in [2.24, 2.45) is 22.4 Å². The molecule has 3 rings (SSSR count). The van der Waals surface area contributed by atoms with Gasteiger partial charge in [-0.15, -0.1) is 0 Å². The number of hydrazone groups is 1. The standard InChI is InChI=1S/C24H36N2O/c1-23(2,3)17-9-7-16(8-10-17)20-15-21(20)22(27)26-25-19-13-11-18(12-14-19)24(4,5)6/h7-10,18,20-21H,11-15H2,1-6H3,(H,26,27)/t18?,20-,21+/m0/s1. The van der Waals surface area contributed by atoms with E-state index < -0.39 is 0 Å². The highest BCUT2D eigenvalue weighted by Gasteiger charge is 2.44. The van der Waals surface area contributed by atoms with Crippen LogP contribution in [0.1, 0.15) is 90.7 Å². The molecule has 0 bridgehead atoms. The van der Waals surface area contributed by atoms with Gasteiger partial charge < -0.3 is 0 Å². The summed E-state index contributed by atoms with van der Waals surface area (Å²) in [6, 6.07) is 8.80. The Hall–Kier alpha value is -1.64. The van der Waals surface area contributed by atoms with Crippen molar-refractivity contribution in [3.05, 3.63) is 35.4 Å². The number of carbonyl (C=O) groups is 1. The molecule has 27 heavy (non-hydrogen) atoms. The predicted molar refractivity (Wildman–Crippen MR) is 113 cm³/mol. The molecule has 0 aromatic heterocycles. The summed E-state index contributed by atoms with van der Waals surface area (Å²) in [6.45, 7) is 13.6. The number of hydrogen-bond donors (Lipinski definition) is 1. The first kappa shape index (κ1) is 20.1. The number of amides is 1. The Labute approximate surface area is 165 Å². The fourth-order valence-corrected chi connectivity index (χ4v) is 4.23. The molecule has 2 atom stereocenters. The number of nitrogens with zero attached hydrogens (tertiary/aromatic N) is 1. The predicted octanol–water partition coefficient (Wildman–Crippen LogP) is 5.80. The first-order valence-corrected chi connectivity index (χ1v) is 10.5. The van der Waals surface area contributed by atoms with Gasteiger partial charge in [-0.1, -0.05) is 65.8 Å². The summed E-state index contributed by atoms with van der Waals surface area (Å²) in [4.78, 5) is 12.5. The molecule has 2 fully saturated rings. The topological polar surface area (TPSA) is 41.5 Å². The molecule has 3 heteroatoms. The minimum atomic E-state index is 0.0840. The fraction of sp³-hybridized carbons (Fsp3) is 0.667. The molecule has 148 valence electrons. The van der Waals surface area contributed by atoms with Crippen LogP contribution in [-0.4, -0.2) is 11.6 Å². The van der Waals surface area contributed by atoms with Gasteiger partial charge in [-0.05, 0) is 65.9 Å². The van der Waals surface area contributed by atoms with Crippen LogP contribution in [0.5, 0.6) is 0 Å². The maximum Gasteiger partial charge on any atom is 0.243 e. The second-order valence-corrected chi connectivity index (χ2v) is 10.6. The van der Waals surface area contributed by atoms with E-state index in [0.717, 1.165) is 30.9 Å². The van der Waals surface area contributed by atoms with Gasteiger partial charge in [-0.25, -0.2) is 5.43 Å². The van der Waals surface area contributed by atoms with E-state index in [4.69, 9.17) is 0 Å². The summed E-state index contributed by atoms with van der Waals surface area (Å²) in [7, 11) is 0. The van der Waals surface area contributed by atoms with E-state index in [1.807, 2.05) is 0 Å². The van der Waals surface area contributed by atoms with E-state index in [1.165, 1.54) is 24.0 Å². The summed E-state index contributed by atoms with van der Waals surface area (Å²) >= 11 is 0. The van der Waals surface area contributed by atoms with E-state index in [9.17, 15) is 4.79 Å². The molecule has 1 N–H and O–H groups in total. The highest BCUT2D eigenvalue weighted by atomic mass is 16.2. The van der Waals surface area contributed by atoms with Gasteiger partial charge >= 0.3 is 0 Å². The summed E-state index contributed by atoms with van der Waals surface area (Å²) < 4.78 is 0. The van der Waals surface area contributed by atoms with Crippen LogP contribution in [0.4, 0.5) is 0 Å². The molecular formula is C24H36N2O. The smallest absolute Gasteiger partial charge is 0.243 e. The van der Waals surface area contributed by atoms with Crippen molar-refractivity contribution in [1.29, 1.82) is 0 Å². The lowest BCUT2D eigenvalue weighted by molar-refractivity contribution is -0.122. The van der Waals surface area contributed by atoms with Gasteiger partial charge in [0.1, 0.15) is 0 Å². The lowest BCUT2D eigenvalue weighted by atomic mass is 9.72. The molecule has 0 heterocycles. The van der Waals surface area contributed by atoms with E-state index in [0.29, 0.717) is 11.3 Å². The molecule has 0 spiro atoms. The van der Waals surface area contributed by atoms with Gasteiger partial charge in [0.2, 0.25) is 5.91 Å². The van der Waals surface area contributed by atoms with Crippen molar-refractivity contribution in [1.82, 2.24) is 5.43 Å². The molecule has 2 saturated carbocycles. The molecule has 0 saturated heterocycles. The number of benzene rings is 1. The van der Waals surface area contributed by atoms with E-state index in [2.05, 4.69) is 76.3 Å². The molecule has 3 nitrogen and oxygen atoms in total. The first-order valence-electron chi connectivity index (χ1n) is 10.5. The Morgan fingerprint density at radius 2 is 1.59 bits per heavy atom. The van der Waals surface area contributed by atoms with Gasteiger partial charge in [0.25, 0.3) is 0 Å². The van der Waals surface area contributed by atoms with Crippen molar-refractivity contribution in [2.75, 3.05) is 0 Å². The Balaban J connectivity index is 1.49. The van der Waals surface area contributed by atoms with Crippen LogP contribution in [0.25, 0.3) is 0 Å². The second kappa shape index (κ2) is 7.41. The highest BCUT2D eigenvalue weighted by Crippen LogP contribution is 2.47. The Morgan fingerprint density at radius 1 is 1.00 bits per heavy atom. The molecule has 2 aliphatic carbocycles. The number of rotatable bonds is 3. The molecule has 0 unspecified atom stereocenters. The average Bonchev–Trinajstić information content (AvgIpc) is 3.39. The van der Waals surface area contributed by atoms with Crippen LogP contribution in [0.3, 0.4) is 0 Å². The Kier molecular flexibility index (Phi) is 5.52. The molecule has 0 aliphatic heterocycles. The minimum Gasteiger partial charge on any atom is -0.273 e. The minimum absolute atomic E-state index is 0.0840. The highest BCUT2D eigenvalue weighted by molar-refractivity contribution is 5.88. The Bertz CT molecular complexity index is 693. The largest absolute Gasteiger partial charge is 0.273 e. The fourth-order valence-electron chi connectivity index (χ4n) is 4.23. The van der Waals surface area contributed by atoms with Gasteiger partial charge in [-0.2, -0.15) is 5.10 Å². The van der Waals surface area contributed by atoms with Crippen molar-refractivity contribution in [3.63, 3.8) is 0 Å². The molecule has 1 amide bonds. The van der Waals surface area contributed by atoms with E-state index in [-0.39, 0.29) is 17.2 Å². The summed E-state index contributed by atoms with van der Waals surface area (Å²) in [5, 5.41) is 4.45. The van der Waals surface area contributed by atoms with Crippen molar-refractivity contribution in [2.45, 2.75) is 85.0 Å². The van der Waals surface area contributed by atoms with E-state index >= 15 is 0 Å². The van der Waals surface area contributed by atoms with Gasteiger partial charge in [0, 0.05) is 11.6 Å². The van der Waals surface area contributed by atoms with Gasteiger partial charge in [0.05, 0.1) is 0 Å². The van der Waals surface area contributed by atoms with Crippen LogP contribution in [0.2, 0.25) is 0 Å². The maximum atomic E-state index is 12.5. The summed E-state index contributed by atoms with van der Waals surface area (Å²) in [5.41, 5.74) is 7.17. The van der Waals surface area contributed by atoms with Crippen LogP contribution in [-0.2, 0) is 10.2 Å². The number of hydrogen-bond acceptors (Lipinski definition) is 2. The van der Waals surface area contributed by atoms with Gasteiger partial charge in [0.15, 0.2) is 0 Å². The maximum absolute atomic E-state index is 12.5. The molecule has 0 radical (unpaired) electrons. The molecular weight excluding hydrogens is 332 g/mol. The van der Waals surface area contributed by atoms with Crippen molar-refractivity contribution in [3.8, 4) is 0 Å². The average molecular weight is 369 g/mol. The normalized spacial score (nSPS) is 25.9. The number of nitrogens with one attached hydrogen (secondary N) is 1. The number of carbonyl (C=O) groups excluding carboxylic acids is 1. The third-order valence-electron chi connectivity index (χ3n) is 6.44. The van der Waals surface area contributed by atoms with Crippen molar-refractivity contribution < 1.29 is 4.79 Å². The summed E-state index contributed by atoms with van der Waals surface area (Å²) in [6.07, 6.45) is 5.35. The first-order chi connectivity index (χ1) is 12.6. The van der Waals surface area contributed by atoms with E-state index in [1.54, 1.807) is 0 Å². The molecule has 2 aliphatic rings. The molecule has 1 aromatic carbocycles. The monoisotopic (exact) mass is 368 g/mol. The van der Waals surface area contributed by atoms with Crippen molar-refractivity contribution >= 4 is 11.6 Å². The quantitative estimate of drug-likeness (QED) is 0.673.